The van der Waals surface area contributed by atoms with E-state index in [1.54, 1.807) is 12.1 Å². The third-order valence-electron chi connectivity index (χ3n) is 1.43. The molecule has 0 atom stereocenters. The van der Waals surface area contributed by atoms with Gasteiger partial charge in [-0.2, -0.15) is 0 Å². The first kappa shape index (κ1) is 11.3. The first-order valence-corrected chi connectivity index (χ1v) is 5.14. The number of rotatable bonds is 1. The summed E-state index contributed by atoms with van der Waals surface area (Å²) in [6.07, 6.45) is 5.26. The van der Waals surface area contributed by atoms with Gasteiger partial charge in [0.2, 0.25) is 0 Å². The second-order valence-electron chi connectivity index (χ2n) is 2.50. The molecule has 0 N–H and O–H groups in total. The van der Waals surface area contributed by atoms with E-state index in [1.165, 1.54) is 6.92 Å². The summed E-state index contributed by atoms with van der Waals surface area (Å²) in [5, 5.41) is 0.378. The van der Waals surface area contributed by atoms with Gasteiger partial charge >= 0.3 is 5.97 Å². The minimum Gasteiger partial charge on any atom is -0.425 e. The first-order valence-electron chi connectivity index (χ1n) is 3.68. The highest BCUT2D eigenvalue weighted by atomic mass is 127. The third-order valence-corrected chi connectivity index (χ3v) is 2.62. The van der Waals surface area contributed by atoms with Gasteiger partial charge in [-0.3, -0.25) is 4.79 Å². The molecule has 0 spiro atoms. The molecule has 4 heteroatoms. The van der Waals surface area contributed by atoms with Gasteiger partial charge in [0.15, 0.2) is 5.75 Å². The number of benzene rings is 1. The minimum absolute atomic E-state index is 0.299. The second kappa shape index (κ2) is 4.67. The largest absolute Gasteiger partial charge is 0.425 e. The molecule has 0 bridgehead atoms. The predicted molar refractivity (Wildman–Crippen MR) is 63.4 cm³/mol. The van der Waals surface area contributed by atoms with Crippen molar-refractivity contribution >= 4 is 40.2 Å². The maximum absolute atomic E-state index is 10.7. The molecule has 0 aromatic heterocycles. The Morgan fingerprint density at radius 1 is 1.64 bits per heavy atom. The second-order valence-corrected chi connectivity index (χ2v) is 4.07. The fourth-order valence-corrected chi connectivity index (χ4v) is 1.88. The molecule has 1 rings (SSSR count). The highest BCUT2D eigenvalue weighted by molar-refractivity contribution is 14.1. The fraction of sp³-hybridized carbons (Fsp3) is 0.100. The molecule has 0 saturated carbocycles. The van der Waals surface area contributed by atoms with Crippen molar-refractivity contribution in [2.45, 2.75) is 6.92 Å². The van der Waals surface area contributed by atoms with Crippen molar-refractivity contribution in [3.05, 3.63) is 26.3 Å². The number of hydrogen-bond donors (Lipinski definition) is 0. The van der Waals surface area contributed by atoms with Crippen molar-refractivity contribution in [1.29, 1.82) is 0 Å². The molecule has 72 valence electrons. The summed E-state index contributed by atoms with van der Waals surface area (Å²) in [6, 6.07) is 3.24. The maximum atomic E-state index is 10.7. The molecule has 0 fully saturated rings. The van der Waals surface area contributed by atoms with E-state index in [2.05, 4.69) is 28.5 Å². The normalized spacial score (nSPS) is 9.29. The van der Waals surface area contributed by atoms with Crippen LogP contribution in [0.4, 0.5) is 0 Å². The van der Waals surface area contributed by atoms with Crippen molar-refractivity contribution in [2.75, 3.05) is 0 Å². The van der Waals surface area contributed by atoms with E-state index in [4.69, 9.17) is 22.8 Å². The predicted octanol–water partition coefficient (Wildman–Crippen LogP) is 2.85. The number of halogens is 2. The van der Waals surface area contributed by atoms with Crippen LogP contribution in [0.5, 0.6) is 5.75 Å². The van der Waals surface area contributed by atoms with Gasteiger partial charge < -0.3 is 4.74 Å². The van der Waals surface area contributed by atoms with Crippen LogP contribution in [-0.2, 0) is 4.79 Å². The quantitative estimate of drug-likeness (QED) is 0.344. The molecular formula is C10H6ClIO2. The van der Waals surface area contributed by atoms with Gasteiger partial charge in [-0.25, -0.2) is 0 Å². The molecule has 0 aliphatic heterocycles. The van der Waals surface area contributed by atoms with E-state index in [-0.39, 0.29) is 0 Å². The van der Waals surface area contributed by atoms with Crippen LogP contribution in [0.15, 0.2) is 12.1 Å². The van der Waals surface area contributed by atoms with Crippen molar-refractivity contribution < 1.29 is 9.53 Å². The highest BCUT2D eigenvalue weighted by Crippen LogP contribution is 2.28. The van der Waals surface area contributed by atoms with Crippen LogP contribution in [-0.4, -0.2) is 5.97 Å². The Morgan fingerprint density at radius 2 is 2.29 bits per heavy atom. The van der Waals surface area contributed by atoms with E-state index in [9.17, 15) is 4.79 Å². The lowest BCUT2D eigenvalue weighted by Gasteiger charge is -2.05. The van der Waals surface area contributed by atoms with Gasteiger partial charge in [0.25, 0.3) is 0 Å². The molecule has 0 amide bonds. The van der Waals surface area contributed by atoms with Gasteiger partial charge in [0.1, 0.15) is 0 Å². The lowest BCUT2D eigenvalue weighted by Crippen LogP contribution is -2.02. The van der Waals surface area contributed by atoms with Gasteiger partial charge in [-0.1, -0.05) is 17.5 Å². The van der Waals surface area contributed by atoms with Crippen LogP contribution < -0.4 is 4.74 Å². The van der Waals surface area contributed by atoms with E-state index in [0.717, 1.165) is 3.57 Å². The first-order chi connectivity index (χ1) is 6.54. The number of esters is 1. The Bertz CT molecular complexity index is 421. The van der Waals surface area contributed by atoms with E-state index >= 15 is 0 Å². The van der Waals surface area contributed by atoms with Gasteiger partial charge in [0.05, 0.1) is 5.02 Å². The van der Waals surface area contributed by atoms with Crippen molar-refractivity contribution in [3.8, 4) is 18.1 Å². The number of carbonyl (C=O) groups is 1. The number of ether oxygens (including phenoxy) is 1. The van der Waals surface area contributed by atoms with E-state index in [0.29, 0.717) is 16.3 Å². The zero-order chi connectivity index (χ0) is 10.7. The van der Waals surface area contributed by atoms with Gasteiger partial charge in [0, 0.05) is 16.1 Å². The standard InChI is InChI=1S/C10H6ClIO2/c1-3-7-4-10(14-6(2)13)8(11)5-9(7)12/h1,4-5H,2H3. The molecule has 0 heterocycles. The molecule has 0 aliphatic carbocycles. The Balaban J connectivity index is 3.19. The summed E-state index contributed by atoms with van der Waals surface area (Å²) in [6.45, 7) is 1.31. The van der Waals surface area contributed by atoms with Crippen LogP contribution in [0.2, 0.25) is 5.02 Å². The van der Waals surface area contributed by atoms with Crippen LogP contribution in [0.25, 0.3) is 0 Å². The van der Waals surface area contributed by atoms with Crippen LogP contribution in [0.3, 0.4) is 0 Å². The topological polar surface area (TPSA) is 26.3 Å². The Hall–Kier alpha value is -0.730. The average molecular weight is 321 g/mol. The Morgan fingerprint density at radius 3 is 2.79 bits per heavy atom. The van der Waals surface area contributed by atoms with Crippen molar-refractivity contribution in [2.24, 2.45) is 0 Å². The van der Waals surface area contributed by atoms with Crippen molar-refractivity contribution in [1.82, 2.24) is 0 Å². The molecule has 2 nitrogen and oxygen atoms in total. The Labute approximate surface area is 101 Å². The fourth-order valence-electron chi connectivity index (χ4n) is 0.873. The maximum Gasteiger partial charge on any atom is 0.308 e. The summed E-state index contributed by atoms with van der Waals surface area (Å²) in [5.74, 6) is 2.36. The molecule has 14 heavy (non-hydrogen) atoms. The smallest absolute Gasteiger partial charge is 0.308 e. The number of hydrogen-bond acceptors (Lipinski definition) is 2. The third kappa shape index (κ3) is 2.63. The SMILES string of the molecule is C#Cc1cc(OC(C)=O)c(Cl)cc1I. The van der Waals surface area contributed by atoms with Crippen molar-refractivity contribution in [3.63, 3.8) is 0 Å². The lowest BCUT2D eigenvalue weighted by atomic mass is 10.2. The minimum atomic E-state index is -0.420. The van der Waals surface area contributed by atoms with E-state index in [1.807, 2.05) is 0 Å². The van der Waals surface area contributed by atoms with Crippen LogP contribution >= 0.6 is 34.2 Å². The Kier molecular flexibility index (Phi) is 3.78. The number of terminal acetylenes is 1. The summed E-state index contributed by atoms with van der Waals surface area (Å²) in [5.41, 5.74) is 0.659. The monoisotopic (exact) mass is 320 g/mol. The summed E-state index contributed by atoms with van der Waals surface area (Å²) < 4.78 is 5.73. The highest BCUT2D eigenvalue weighted by Gasteiger charge is 2.08. The molecular weight excluding hydrogens is 314 g/mol. The molecule has 0 saturated heterocycles. The average Bonchev–Trinajstić information content (AvgIpc) is 2.09. The number of carbonyl (C=O) groups excluding carboxylic acids is 1. The molecule has 1 aromatic carbocycles. The zero-order valence-electron chi connectivity index (χ0n) is 7.30. The zero-order valence-corrected chi connectivity index (χ0v) is 10.2. The summed E-state index contributed by atoms with van der Waals surface area (Å²) >= 11 is 7.92. The van der Waals surface area contributed by atoms with Gasteiger partial charge in [-0.15, -0.1) is 6.42 Å². The van der Waals surface area contributed by atoms with Gasteiger partial charge in [-0.05, 0) is 34.7 Å². The lowest BCUT2D eigenvalue weighted by molar-refractivity contribution is -0.131. The summed E-state index contributed by atoms with van der Waals surface area (Å²) in [7, 11) is 0. The van der Waals surface area contributed by atoms with E-state index < -0.39 is 5.97 Å². The molecule has 0 aliphatic rings. The molecule has 0 radical (unpaired) electrons. The summed E-state index contributed by atoms with van der Waals surface area (Å²) in [4.78, 5) is 10.7. The van der Waals surface area contributed by atoms with Crippen LogP contribution in [0.1, 0.15) is 12.5 Å². The van der Waals surface area contributed by atoms with Crippen LogP contribution in [0, 0.1) is 15.9 Å². The molecule has 0 unspecified atom stereocenters. The molecule has 1 aromatic rings.